The second-order valence-corrected chi connectivity index (χ2v) is 6.88. The first-order chi connectivity index (χ1) is 13.2. The molecule has 2 aromatic rings. The zero-order chi connectivity index (χ0) is 18.9. The van der Waals surface area contributed by atoms with Crippen LogP contribution >= 0.6 is 11.6 Å². The van der Waals surface area contributed by atoms with Gasteiger partial charge in [0.15, 0.2) is 0 Å². The Balaban J connectivity index is 1.31. The van der Waals surface area contributed by atoms with Crippen LogP contribution in [0.3, 0.4) is 0 Å². The number of pyridine rings is 1. The van der Waals surface area contributed by atoms with Crippen molar-refractivity contribution in [3.63, 3.8) is 0 Å². The van der Waals surface area contributed by atoms with Crippen LogP contribution in [0.15, 0.2) is 42.6 Å². The Hall–Kier alpha value is -2.47. The van der Waals surface area contributed by atoms with Gasteiger partial charge in [-0.1, -0.05) is 23.7 Å². The van der Waals surface area contributed by atoms with Crippen molar-refractivity contribution in [1.82, 2.24) is 15.6 Å². The minimum Gasteiger partial charge on any atom is -0.492 e. The largest absolute Gasteiger partial charge is 0.492 e. The van der Waals surface area contributed by atoms with Gasteiger partial charge < -0.3 is 20.1 Å². The van der Waals surface area contributed by atoms with Crippen LogP contribution in [-0.2, 0) is 6.54 Å². The number of hydrogen-bond acceptors (Lipinski definition) is 4. The van der Waals surface area contributed by atoms with Crippen LogP contribution in [0.5, 0.6) is 11.6 Å². The summed E-state index contributed by atoms with van der Waals surface area (Å²) in [5.41, 5.74) is 0.916. The highest BCUT2D eigenvalue weighted by Gasteiger charge is 2.16. The number of nitrogens with zero attached hydrogens (tertiary/aromatic N) is 1. The molecule has 0 spiro atoms. The molecular formula is C20H24ClN3O3. The summed E-state index contributed by atoms with van der Waals surface area (Å²) in [6, 6.07) is 10.7. The summed E-state index contributed by atoms with van der Waals surface area (Å²) in [5.74, 6) is 1.32. The normalized spacial score (nSPS) is 14.0. The van der Waals surface area contributed by atoms with Crippen LogP contribution in [0.2, 0.25) is 5.02 Å². The van der Waals surface area contributed by atoms with Gasteiger partial charge in [-0.2, -0.15) is 0 Å². The average Bonchev–Trinajstić information content (AvgIpc) is 3.18. The lowest BCUT2D eigenvalue weighted by molar-refractivity contribution is 0.201. The Labute approximate surface area is 164 Å². The molecule has 0 saturated heterocycles. The summed E-state index contributed by atoms with van der Waals surface area (Å²) < 4.78 is 11.3. The third kappa shape index (κ3) is 6.64. The summed E-state index contributed by atoms with van der Waals surface area (Å²) in [4.78, 5) is 16.1. The quantitative estimate of drug-likeness (QED) is 0.671. The maximum atomic E-state index is 11.8. The third-order valence-corrected chi connectivity index (χ3v) is 4.53. The van der Waals surface area contributed by atoms with Gasteiger partial charge in [0, 0.05) is 23.8 Å². The molecule has 7 heteroatoms. The number of aromatic nitrogens is 1. The Morgan fingerprint density at radius 1 is 1.19 bits per heavy atom. The first-order valence-corrected chi connectivity index (χ1v) is 9.58. The maximum Gasteiger partial charge on any atom is 0.315 e. The van der Waals surface area contributed by atoms with Gasteiger partial charge in [-0.05, 0) is 49.4 Å². The van der Waals surface area contributed by atoms with Crippen molar-refractivity contribution in [2.75, 3.05) is 13.2 Å². The first-order valence-electron chi connectivity index (χ1n) is 9.21. The average molecular weight is 390 g/mol. The second kappa shape index (κ2) is 10.0. The molecule has 1 saturated carbocycles. The van der Waals surface area contributed by atoms with Gasteiger partial charge in [0.05, 0.1) is 6.54 Å². The van der Waals surface area contributed by atoms with Gasteiger partial charge in [-0.25, -0.2) is 9.78 Å². The molecule has 6 nitrogen and oxygen atoms in total. The minimum atomic E-state index is -0.254. The predicted octanol–water partition coefficient (Wildman–Crippen LogP) is 3.93. The molecule has 0 atom stereocenters. The van der Waals surface area contributed by atoms with E-state index in [0.717, 1.165) is 18.4 Å². The number of nitrogens with one attached hydrogen (secondary N) is 2. The zero-order valence-corrected chi connectivity index (χ0v) is 15.9. The van der Waals surface area contributed by atoms with E-state index < -0.39 is 0 Å². The Bertz CT molecular complexity index is 734. The number of halogens is 1. The molecule has 1 fully saturated rings. The lowest BCUT2D eigenvalue weighted by Crippen LogP contribution is -2.37. The number of ether oxygens (including phenoxy) is 2. The highest BCUT2D eigenvalue weighted by Crippen LogP contribution is 2.22. The topological polar surface area (TPSA) is 72.5 Å². The molecule has 2 amide bonds. The Morgan fingerprint density at radius 3 is 2.78 bits per heavy atom. The summed E-state index contributed by atoms with van der Waals surface area (Å²) in [6.07, 6.45) is 6.68. The summed E-state index contributed by atoms with van der Waals surface area (Å²) in [5, 5.41) is 6.15. The molecule has 0 radical (unpaired) electrons. The Morgan fingerprint density at radius 2 is 2.04 bits per heavy atom. The van der Waals surface area contributed by atoms with Crippen molar-refractivity contribution in [3.05, 3.63) is 53.2 Å². The highest BCUT2D eigenvalue weighted by atomic mass is 35.5. The molecule has 3 rings (SSSR count). The molecule has 0 unspecified atom stereocenters. The van der Waals surface area contributed by atoms with E-state index in [1.165, 1.54) is 12.8 Å². The molecular weight excluding hydrogens is 366 g/mol. The molecule has 1 aliphatic carbocycles. The van der Waals surface area contributed by atoms with Gasteiger partial charge in [0.25, 0.3) is 0 Å². The van der Waals surface area contributed by atoms with Crippen molar-refractivity contribution in [3.8, 4) is 11.6 Å². The van der Waals surface area contributed by atoms with E-state index in [1.54, 1.807) is 18.3 Å². The number of carbonyl (C=O) groups excluding carboxylic acids is 1. The fourth-order valence-corrected chi connectivity index (χ4v) is 3.08. The SMILES string of the molecule is O=C(NCCOc1cccc(Cl)c1)NCc1ccc(OC2CCCC2)nc1. The fraction of sp³-hybridized carbons (Fsp3) is 0.400. The van der Waals surface area contributed by atoms with E-state index in [0.29, 0.717) is 42.5 Å². The molecule has 0 aliphatic heterocycles. The van der Waals surface area contributed by atoms with Crippen molar-refractivity contribution in [2.45, 2.75) is 38.3 Å². The van der Waals surface area contributed by atoms with Gasteiger partial charge in [-0.3, -0.25) is 0 Å². The van der Waals surface area contributed by atoms with E-state index in [4.69, 9.17) is 21.1 Å². The standard InChI is InChI=1S/C20H24ClN3O3/c21-16-4-3-7-18(12-16)26-11-10-22-20(25)24-14-15-8-9-19(23-13-15)27-17-5-1-2-6-17/h3-4,7-9,12-13,17H,1-2,5-6,10-11,14H2,(H2,22,24,25). The monoisotopic (exact) mass is 389 g/mol. The number of rotatable bonds is 8. The van der Waals surface area contributed by atoms with E-state index in [2.05, 4.69) is 15.6 Å². The van der Waals surface area contributed by atoms with Crippen LogP contribution in [0, 0.1) is 0 Å². The number of carbonyl (C=O) groups is 1. The Kier molecular flexibility index (Phi) is 7.16. The molecule has 144 valence electrons. The summed E-state index contributed by atoms with van der Waals surface area (Å²) >= 11 is 5.89. The van der Waals surface area contributed by atoms with E-state index in [9.17, 15) is 4.79 Å². The summed E-state index contributed by atoms with van der Waals surface area (Å²) in [7, 11) is 0. The lowest BCUT2D eigenvalue weighted by Gasteiger charge is -2.12. The van der Waals surface area contributed by atoms with Crippen LogP contribution in [0.4, 0.5) is 4.79 Å². The van der Waals surface area contributed by atoms with Crippen LogP contribution in [-0.4, -0.2) is 30.3 Å². The van der Waals surface area contributed by atoms with Gasteiger partial charge in [0.1, 0.15) is 18.5 Å². The van der Waals surface area contributed by atoms with Crippen LogP contribution in [0.25, 0.3) is 0 Å². The molecule has 1 aliphatic rings. The van der Waals surface area contributed by atoms with Crippen molar-refractivity contribution in [2.24, 2.45) is 0 Å². The molecule has 27 heavy (non-hydrogen) atoms. The van der Waals surface area contributed by atoms with Gasteiger partial charge >= 0.3 is 6.03 Å². The maximum absolute atomic E-state index is 11.8. The fourth-order valence-electron chi connectivity index (χ4n) is 2.90. The molecule has 2 N–H and O–H groups in total. The van der Waals surface area contributed by atoms with E-state index >= 15 is 0 Å². The molecule has 1 heterocycles. The lowest BCUT2D eigenvalue weighted by atomic mass is 10.3. The summed E-state index contributed by atoms with van der Waals surface area (Å²) in [6.45, 7) is 1.16. The van der Waals surface area contributed by atoms with Crippen LogP contribution in [0.1, 0.15) is 31.2 Å². The van der Waals surface area contributed by atoms with E-state index in [1.807, 2.05) is 24.3 Å². The highest BCUT2D eigenvalue weighted by molar-refractivity contribution is 6.30. The number of hydrogen-bond donors (Lipinski definition) is 2. The van der Waals surface area contributed by atoms with Gasteiger partial charge in [-0.15, -0.1) is 0 Å². The van der Waals surface area contributed by atoms with Crippen molar-refractivity contribution in [1.29, 1.82) is 0 Å². The third-order valence-electron chi connectivity index (χ3n) is 4.29. The van der Waals surface area contributed by atoms with Crippen molar-refractivity contribution >= 4 is 17.6 Å². The second-order valence-electron chi connectivity index (χ2n) is 6.44. The number of urea groups is 1. The number of benzene rings is 1. The molecule has 1 aromatic heterocycles. The van der Waals surface area contributed by atoms with Crippen molar-refractivity contribution < 1.29 is 14.3 Å². The first kappa shape index (κ1) is 19.3. The zero-order valence-electron chi connectivity index (χ0n) is 15.1. The minimum absolute atomic E-state index is 0.254. The molecule has 1 aromatic carbocycles. The van der Waals surface area contributed by atoms with Crippen LogP contribution < -0.4 is 20.1 Å². The smallest absolute Gasteiger partial charge is 0.315 e. The molecule has 0 bridgehead atoms. The van der Waals surface area contributed by atoms with Gasteiger partial charge in [0.2, 0.25) is 5.88 Å². The predicted molar refractivity (Wildman–Crippen MR) is 104 cm³/mol. The number of amides is 2. The van der Waals surface area contributed by atoms with E-state index in [-0.39, 0.29) is 6.03 Å².